The fraction of sp³-hybridized carbons (Fsp3) is 0.125. The maximum Gasteiger partial charge on any atom is 0.341 e. The monoisotopic (exact) mass is 195 g/mol. The molecule has 0 spiro atoms. The molecule has 0 aliphatic rings. The number of hydrogen-bond acceptors (Lipinski definition) is 4. The van der Waals surface area contributed by atoms with Crippen LogP contribution in [0.25, 0.3) is 5.65 Å². The lowest BCUT2D eigenvalue weighted by molar-refractivity contribution is 0.0595. The van der Waals surface area contributed by atoms with Crippen LogP contribution in [-0.4, -0.2) is 27.7 Å². The topological polar surface area (TPSA) is 56.5 Å². The Balaban J connectivity index is 2.67. The normalized spacial score (nSPS) is 10.4. The highest BCUT2D eigenvalue weighted by atomic mass is 19.1. The lowest BCUT2D eigenvalue weighted by Gasteiger charge is -2.00. The summed E-state index contributed by atoms with van der Waals surface area (Å²) in [6, 6.07) is 1.32. The van der Waals surface area contributed by atoms with E-state index in [2.05, 4.69) is 14.9 Å². The molecule has 0 aliphatic carbocycles. The van der Waals surface area contributed by atoms with Crippen molar-refractivity contribution in [2.24, 2.45) is 0 Å². The SMILES string of the molecule is COC(=O)c1ccn2cnnc2c1F. The van der Waals surface area contributed by atoms with E-state index in [0.717, 1.165) is 0 Å². The molecule has 2 aromatic heterocycles. The van der Waals surface area contributed by atoms with Crippen molar-refractivity contribution < 1.29 is 13.9 Å². The summed E-state index contributed by atoms with van der Waals surface area (Å²) in [6.45, 7) is 0. The van der Waals surface area contributed by atoms with Crippen LogP contribution in [0.5, 0.6) is 0 Å². The van der Waals surface area contributed by atoms with Gasteiger partial charge in [-0.3, -0.25) is 4.40 Å². The van der Waals surface area contributed by atoms with Crippen molar-refractivity contribution >= 4 is 11.6 Å². The van der Waals surface area contributed by atoms with Crippen LogP contribution >= 0.6 is 0 Å². The minimum atomic E-state index is -0.729. The fourth-order valence-electron chi connectivity index (χ4n) is 1.12. The summed E-state index contributed by atoms with van der Waals surface area (Å²) in [4.78, 5) is 11.1. The molecule has 0 bridgehead atoms. The number of fused-ring (bicyclic) bond motifs is 1. The Morgan fingerprint density at radius 1 is 1.64 bits per heavy atom. The van der Waals surface area contributed by atoms with Gasteiger partial charge in [0.25, 0.3) is 0 Å². The van der Waals surface area contributed by atoms with Gasteiger partial charge in [-0.1, -0.05) is 0 Å². The molecule has 2 rings (SSSR count). The maximum atomic E-state index is 13.5. The van der Waals surface area contributed by atoms with Crippen LogP contribution in [0.4, 0.5) is 4.39 Å². The van der Waals surface area contributed by atoms with E-state index in [1.54, 1.807) is 0 Å². The minimum Gasteiger partial charge on any atom is -0.465 e. The Morgan fingerprint density at radius 2 is 2.43 bits per heavy atom. The average molecular weight is 195 g/mol. The van der Waals surface area contributed by atoms with Crippen LogP contribution in [0.3, 0.4) is 0 Å². The summed E-state index contributed by atoms with van der Waals surface area (Å²) in [5, 5.41) is 7.04. The summed E-state index contributed by atoms with van der Waals surface area (Å²) in [5.74, 6) is -1.45. The summed E-state index contributed by atoms with van der Waals surface area (Å²) in [5.41, 5.74) is -0.138. The molecule has 0 aromatic carbocycles. The lowest BCUT2D eigenvalue weighted by atomic mass is 10.2. The lowest BCUT2D eigenvalue weighted by Crippen LogP contribution is -2.06. The van der Waals surface area contributed by atoms with Gasteiger partial charge in [-0.2, -0.15) is 0 Å². The molecular formula is C8H6FN3O2. The van der Waals surface area contributed by atoms with Crippen molar-refractivity contribution in [2.45, 2.75) is 0 Å². The zero-order chi connectivity index (χ0) is 10.1. The molecule has 0 radical (unpaired) electrons. The van der Waals surface area contributed by atoms with Crippen molar-refractivity contribution in [1.29, 1.82) is 0 Å². The Hall–Kier alpha value is -1.98. The van der Waals surface area contributed by atoms with Crippen molar-refractivity contribution in [3.8, 4) is 0 Å². The second-order valence-corrected chi connectivity index (χ2v) is 2.60. The van der Waals surface area contributed by atoms with Crippen LogP contribution in [-0.2, 0) is 4.74 Å². The van der Waals surface area contributed by atoms with E-state index in [0.29, 0.717) is 0 Å². The predicted molar refractivity (Wildman–Crippen MR) is 44.3 cm³/mol. The highest BCUT2D eigenvalue weighted by molar-refractivity contribution is 5.90. The molecule has 72 valence electrons. The van der Waals surface area contributed by atoms with Crippen molar-refractivity contribution in [3.05, 3.63) is 30.0 Å². The number of ether oxygens (including phenoxy) is 1. The molecule has 0 amide bonds. The summed E-state index contributed by atoms with van der Waals surface area (Å²) in [7, 11) is 1.19. The number of carbonyl (C=O) groups is 1. The smallest absolute Gasteiger partial charge is 0.341 e. The average Bonchev–Trinajstić information content (AvgIpc) is 2.66. The van der Waals surface area contributed by atoms with Gasteiger partial charge in [0.1, 0.15) is 11.9 Å². The number of halogens is 1. The van der Waals surface area contributed by atoms with Gasteiger partial charge in [0.05, 0.1) is 7.11 Å². The highest BCUT2D eigenvalue weighted by Gasteiger charge is 2.15. The van der Waals surface area contributed by atoms with Crippen LogP contribution < -0.4 is 0 Å². The van der Waals surface area contributed by atoms with Gasteiger partial charge in [-0.15, -0.1) is 10.2 Å². The first-order valence-corrected chi connectivity index (χ1v) is 3.80. The number of nitrogens with zero attached hydrogens (tertiary/aromatic N) is 3. The summed E-state index contributed by atoms with van der Waals surface area (Å²) in [6.07, 6.45) is 2.84. The molecule has 0 fully saturated rings. The summed E-state index contributed by atoms with van der Waals surface area (Å²) >= 11 is 0. The summed E-state index contributed by atoms with van der Waals surface area (Å²) < 4.78 is 19.3. The van der Waals surface area contributed by atoms with Gasteiger partial charge in [0, 0.05) is 6.20 Å². The largest absolute Gasteiger partial charge is 0.465 e. The third-order valence-electron chi connectivity index (χ3n) is 1.81. The third kappa shape index (κ3) is 1.12. The van der Waals surface area contributed by atoms with Gasteiger partial charge in [0.2, 0.25) is 0 Å². The molecule has 2 aromatic rings. The Labute approximate surface area is 78.1 Å². The molecule has 0 saturated carbocycles. The van der Waals surface area contributed by atoms with E-state index in [1.165, 1.54) is 30.1 Å². The molecule has 0 saturated heterocycles. The van der Waals surface area contributed by atoms with Crippen LogP contribution in [0, 0.1) is 5.82 Å². The highest BCUT2D eigenvalue weighted by Crippen LogP contribution is 2.12. The first-order chi connectivity index (χ1) is 6.74. The van der Waals surface area contributed by atoms with Gasteiger partial charge in [-0.05, 0) is 6.07 Å². The van der Waals surface area contributed by atoms with Gasteiger partial charge >= 0.3 is 5.97 Å². The zero-order valence-corrected chi connectivity index (χ0v) is 7.27. The molecule has 0 N–H and O–H groups in total. The number of hydrogen-bond donors (Lipinski definition) is 0. The minimum absolute atomic E-state index is 0.00731. The van der Waals surface area contributed by atoms with Gasteiger partial charge < -0.3 is 4.74 Å². The molecule has 0 unspecified atom stereocenters. The van der Waals surface area contributed by atoms with Crippen molar-refractivity contribution in [1.82, 2.24) is 14.6 Å². The maximum absolute atomic E-state index is 13.5. The van der Waals surface area contributed by atoms with Gasteiger partial charge in [0.15, 0.2) is 11.5 Å². The number of carbonyl (C=O) groups excluding carboxylic acids is 1. The fourth-order valence-corrected chi connectivity index (χ4v) is 1.12. The van der Waals surface area contributed by atoms with Gasteiger partial charge in [-0.25, -0.2) is 9.18 Å². The molecule has 6 heteroatoms. The number of methoxy groups -OCH3 is 1. The molecule has 2 heterocycles. The molecule has 0 atom stereocenters. The zero-order valence-electron chi connectivity index (χ0n) is 7.27. The first kappa shape index (κ1) is 8.61. The quantitative estimate of drug-likeness (QED) is 0.627. The molecule has 14 heavy (non-hydrogen) atoms. The standard InChI is InChI=1S/C8H6FN3O2/c1-14-8(13)5-2-3-12-4-10-11-7(12)6(5)9/h2-4H,1H3. The molecule has 0 aliphatic heterocycles. The second kappa shape index (κ2) is 3.06. The first-order valence-electron chi connectivity index (χ1n) is 3.80. The number of aromatic nitrogens is 3. The Kier molecular flexibility index (Phi) is 1.88. The number of pyridine rings is 1. The van der Waals surface area contributed by atoms with Crippen molar-refractivity contribution in [3.63, 3.8) is 0 Å². The Morgan fingerprint density at radius 3 is 3.14 bits per heavy atom. The predicted octanol–water partition coefficient (Wildman–Crippen LogP) is 0.655. The van der Waals surface area contributed by atoms with E-state index in [9.17, 15) is 9.18 Å². The Bertz CT molecular complexity index is 494. The van der Waals surface area contributed by atoms with Crippen LogP contribution in [0.2, 0.25) is 0 Å². The number of rotatable bonds is 1. The third-order valence-corrected chi connectivity index (χ3v) is 1.81. The van der Waals surface area contributed by atoms with Crippen LogP contribution in [0.1, 0.15) is 10.4 Å². The molecular weight excluding hydrogens is 189 g/mol. The van der Waals surface area contributed by atoms with Crippen LogP contribution in [0.15, 0.2) is 18.6 Å². The van der Waals surface area contributed by atoms with E-state index >= 15 is 0 Å². The van der Waals surface area contributed by atoms with Crippen molar-refractivity contribution in [2.75, 3.05) is 7.11 Å². The van der Waals surface area contributed by atoms with E-state index in [4.69, 9.17) is 0 Å². The second-order valence-electron chi connectivity index (χ2n) is 2.60. The molecule has 5 nitrogen and oxygen atoms in total. The van der Waals surface area contributed by atoms with E-state index < -0.39 is 11.8 Å². The van der Waals surface area contributed by atoms with E-state index in [1.807, 2.05) is 0 Å². The number of esters is 1. The van der Waals surface area contributed by atoms with E-state index in [-0.39, 0.29) is 11.2 Å².